The number of nitrogens with one attached hydrogen (secondary N) is 1. The number of ketones is 1. The van der Waals surface area contributed by atoms with E-state index in [1.165, 1.54) is 24.3 Å². The van der Waals surface area contributed by atoms with E-state index in [0.717, 1.165) is 17.8 Å². The lowest BCUT2D eigenvalue weighted by Gasteiger charge is -2.14. The topological polar surface area (TPSA) is 69.6 Å². The van der Waals surface area contributed by atoms with E-state index < -0.39 is 6.04 Å². The molecule has 0 amide bonds. The number of carbonyl (C=O) groups is 1. The van der Waals surface area contributed by atoms with Crippen molar-refractivity contribution in [3.05, 3.63) is 59.5 Å². The molecule has 5 heteroatoms. The molecule has 1 heterocycles. The third-order valence-electron chi connectivity index (χ3n) is 3.64. The number of carbonyl (C=O) groups excluding carboxylic acids is 1. The summed E-state index contributed by atoms with van der Waals surface area (Å²) < 4.78 is 12.9. The van der Waals surface area contributed by atoms with Crippen LogP contribution in [0.25, 0.3) is 0 Å². The number of rotatable bonds is 6. The fraction of sp³-hybridized carbons (Fsp3) is 0.294. The molecule has 0 aliphatic heterocycles. The van der Waals surface area contributed by atoms with Crippen molar-refractivity contribution in [2.75, 3.05) is 5.32 Å². The molecule has 22 heavy (non-hydrogen) atoms. The van der Waals surface area contributed by atoms with Crippen LogP contribution in [0.5, 0.6) is 0 Å². The Balaban J connectivity index is 2.18. The van der Waals surface area contributed by atoms with Gasteiger partial charge in [-0.1, -0.05) is 6.92 Å². The lowest BCUT2D eigenvalue weighted by atomic mass is 9.99. The van der Waals surface area contributed by atoms with Gasteiger partial charge in [-0.15, -0.1) is 0 Å². The van der Waals surface area contributed by atoms with Crippen molar-refractivity contribution in [2.45, 2.75) is 32.4 Å². The van der Waals surface area contributed by atoms with Gasteiger partial charge >= 0.3 is 0 Å². The molecule has 1 aromatic carbocycles. The van der Waals surface area contributed by atoms with Gasteiger partial charge in [0.15, 0.2) is 6.04 Å². The van der Waals surface area contributed by atoms with E-state index in [-0.39, 0.29) is 11.6 Å². The summed E-state index contributed by atoms with van der Waals surface area (Å²) in [6, 6.07) is 8.89. The van der Waals surface area contributed by atoms with Gasteiger partial charge in [-0.2, -0.15) is 0 Å². The number of Topliss-reactive ketones (excluding diaryl/α,β-unsaturated/α-hetero) is 1. The minimum Gasteiger partial charge on any atom is -0.368 e. The molecule has 0 spiro atoms. The van der Waals surface area contributed by atoms with Crippen molar-refractivity contribution >= 4 is 11.6 Å². The lowest BCUT2D eigenvalue weighted by molar-refractivity contribution is -0.404. The normalized spacial score (nSPS) is 13.5. The van der Waals surface area contributed by atoms with E-state index in [1.807, 2.05) is 6.07 Å². The molecule has 1 aromatic heterocycles. The Morgan fingerprint density at radius 2 is 2.00 bits per heavy atom. The molecule has 2 atom stereocenters. The average molecular weight is 302 g/mol. The quantitative estimate of drug-likeness (QED) is 0.806. The Labute approximate surface area is 129 Å². The van der Waals surface area contributed by atoms with Crippen LogP contribution < -0.4 is 11.1 Å². The van der Waals surface area contributed by atoms with Gasteiger partial charge in [0.05, 0.1) is 0 Å². The summed E-state index contributed by atoms with van der Waals surface area (Å²) in [6.45, 7) is 4.16. The molecule has 2 aromatic rings. The van der Waals surface area contributed by atoms with Crippen LogP contribution in [0.15, 0.2) is 42.6 Å². The zero-order valence-electron chi connectivity index (χ0n) is 12.8. The Bertz CT molecular complexity index is 643. The molecule has 116 valence electrons. The predicted octanol–water partition coefficient (Wildman–Crippen LogP) is 2.60. The van der Waals surface area contributed by atoms with Crippen LogP contribution in [0.2, 0.25) is 0 Å². The summed E-state index contributed by atoms with van der Waals surface area (Å²) in [7, 11) is 0. The summed E-state index contributed by atoms with van der Waals surface area (Å²) in [5.74, 6) is 0.231. The van der Waals surface area contributed by atoms with E-state index in [0.29, 0.717) is 11.6 Å². The number of hydrogen-bond acceptors (Lipinski definition) is 3. The number of quaternary nitrogens is 1. The number of pyridine rings is 1. The fourth-order valence-electron chi connectivity index (χ4n) is 2.06. The van der Waals surface area contributed by atoms with Gasteiger partial charge in [0.2, 0.25) is 5.78 Å². The summed E-state index contributed by atoms with van der Waals surface area (Å²) in [5.41, 5.74) is 5.19. The van der Waals surface area contributed by atoms with Crippen LogP contribution in [0, 0.1) is 5.82 Å². The van der Waals surface area contributed by atoms with E-state index in [1.54, 1.807) is 12.3 Å². The van der Waals surface area contributed by atoms with E-state index in [9.17, 15) is 9.18 Å². The minimum atomic E-state index is -0.550. The highest BCUT2D eigenvalue weighted by molar-refractivity contribution is 5.99. The Morgan fingerprint density at radius 3 is 2.64 bits per heavy atom. The Kier molecular flexibility index (Phi) is 5.22. The van der Waals surface area contributed by atoms with E-state index in [2.05, 4.69) is 29.9 Å². The van der Waals surface area contributed by atoms with Crippen LogP contribution in [-0.4, -0.2) is 16.8 Å². The monoisotopic (exact) mass is 302 g/mol. The van der Waals surface area contributed by atoms with Crippen molar-refractivity contribution in [2.24, 2.45) is 0 Å². The van der Waals surface area contributed by atoms with Crippen molar-refractivity contribution < 1.29 is 14.9 Å². The first-order valence-corrected chi connectivity index (χ1v) is 7.36. The molecule has 4 N–H and O–H groups in total. The number of anilines is 1. The molecule has 0 saturated carbocycles. The van der Waals surface area contributed by atoms with Crippen molar-refractivity contribution in [1.29, 1.82) is 0 Å². The number of halogens is 1. The van der Waals surface area contributed by atoms with Crippen LogP contribution in [0.4, 0.5) is 10.2 Å². The minimum absolute atomic E-state index is 0.138. The van der Waals surface area contributed by atoms with E-state index >= 15 is 0 Å². The summed E-state index contributed by atoms with van der Waals surface area (Å²) in [6.07, 6.45) is 2.64. The largest absolute Gasteiger partial charge is 0.368 e. The number of aromatic nitrogens is 1. The first kappa shape index (κ1) is 16.1. The maximum atomic E-state index is 12.9. The number of benzene rings is 1. The van der Waals surface area contributed by atoms with Gasteiger partial charge in [0.1, 0.15) is 11.6 Å². The molecule has 0 bridgehead atoms. The molecule has 2 rings (SSSR count). The third-order valence-corrected chi connectivity index (χ3v) is 3.64. The summed E-state index contributed by atoms with van der Waals surface area (Å²) in [5, 5.41) is 3.27. The first-order chi connectivity index (χ1) is 10.5. The Morgan fingerprint density at radius 1 is 1.32 bits per heavy atom. The molecule has 0 aliphatic carbocycles. The number of nitrogens with zero attached hydrogens (tertiary/aromatic N) is 1. The SMILES string of the molecule is CCC(C)Nc1cc(C([NH3+])C(=O)c2ccc(F)cc2)ccn1. The first-order valence-electron chi connectivity index (χ1n) is 7.36. The van der Waals surface area contributed by atoms with E-state index in [4.69, 9.17) is 0 Å². The molecular weight excluding hydrogens is 281 g/mol. The maximum absolute atomic E-state index is 12.9. The number of hydrogen-bond donors (Lipinski definition) is 2. The van der Waals surface area contributed by atoms with Gasteiger partial charge in [0.25, 0.3) is 0 Å². The Hall–Kier alpha value is -2.27. The fourth-order valence-corrected chi connectivity index (χ4v) is 2.06. The van der Waals surface area contributed by atoms with Crippen molar-refractivity contribution in [3.8, 4) is 0 Å². The second-order valence-electron chi connectivity index (χ2n) is 5.35. The molecule has 0 saturated heterocycles. The highest BCUT2D eigenvalue weighted by Crippen LogP contribution is 2.18. The third kappa shape index (κ3) is 3.89. The molecule has 0 fully saturated rings. The van der Waals surface area contributed by atoms with Gasteiger partial charge in [-0.05, 0) is 49.7 Å². The van der Waals surface area contributed by atoms with Crippen LogP contribution in [0.1, 0.15) is 42.2 Å². The summed E-state index contributed by atoms with van der Waals surface area (Å²) >= 11 is 0. The molecule has 0 radical (unpaired) electrons. The van der Waals surface area contributed by atoms with Gasteiger partial charge in [-0.3, -0.25) is 4.79 Å². The molecule has 2 unspecified atom stereocenters. The van der Waals surface area contributed by atoms with Crippen LogP contribution in [0.3, 0.4) is 0 Å². The predicted molar refractivity (Wildman–Crippen MR) is 84.0 cm³/mol. The molecule has 0 aliphatic rings. The van der Waals surface area contributed by atoms with Crippen molar-refractivity contribution in [1.82, 2.24) is 4.98 Å². The zero-order chi connectivity index (χ0) is 16.1. The highest BCUT2D eigenvalue weighted by atomic mass is 19.1. The molecule has 4 nitrogen and oxygen atoms in total. The lowest BCUT2D eigenvalue weighted by Crippen LogP contribution is -2.57. The van der Waals surface area contributed by atoms with Gasteiger partial charge < -0.3 is 11.1 Å². The smallest absolute Gasteiger partial charge is 0.224 e. The summed E-state index contributed by atoms with van der Waals surface area (Å²) in [4.78, 5) is 16.7. The molecular formula is C17H21FN3O+. The van der Waals surface area contributed by atoms with Gasteiger partial charge in [-0.25, -0.2) is 9.37 Å². The zero-order valence-corrected chi connectivity index (χ0v) is 12.8. The second kappa shape index (κ2) is 7.13. The van der Waals surface area contributed by atoms with Crippen molar-refractivity contribution in [3.63, 3.8) is 0 Å². The van der Waals surface area contributed by atoms with Crippen LogP contribution >= 0.6 is 0 Å². The average Bonchev–Trinajstić information content (AvgIpc) is 2.54. The highest BCUT2D eigenvalue weighted by Gasteiger charge is 2.22. The maximum Gasteiger partial charge on any atom is 0.224 e. The van der Waals surface area contributed by atoms with Gasteiger partial charge in [0, 0.05) is 23.4 Å². The second-order valence-corrected chi connectivity index (χ2v) is 5.35. The standard InChI is InChI=1S/C17H20FN3O/c1-3-11(2)21-15-10-13(8-9-20-15)16(19)17(22)12-4-6-14(18)7-5-12/h4-11,16H,3,19H2,1-2H3,(H,20,21)/p+1. The van der Waals surface area contributed by atoms with Crippen LogP contribution in [-0.2, 0) is 0 Å².